The van der Waals surface area contributed by atoms with Crippen LogP contribution in [0.4, 0.5) is 0 Å². The number of piperazine rings is 1. The zero-order valence-electron chi connectivity index (χ0n) is 12.4. The van der Waals surface area contributed by atoms with Crippen LogP contribution in [0, 0.1) is 0 Å². The molecule has 1 aromatic carbocycles. The minimum absolute atomic E-state index is 0.563. The molecule has 0 radical (unpaired) electrons. The van der Waals surface area contributed by atoms with E-state index in [0.717, 1.165) is 26.2 Å². The summed E-state index contributed by atoms with van der Waals surface area (Å²) in [6, 6.07) is 9.24. The first-order valence-electron chi connectivity index (χ1n) is 7.91. The molecule has 1 atom stereocenters. The number of para-hydroxylation sites is 1. The van der Waals surface area contributed by atoms with Crippen molar-refractivity contribution < 1.29 is 0 Å². The molecule has 1 fully saturated rings. The Labute approximate surface area is 121 Å². The second kappa shape index (κ2) is 6.42. The Balaban J connectivity index is 1.90. The second-order valence-corrected chi connectivity index (χ2v) is 5.73. The number of hydrogen-bond acceptors (Lipinski definition) is 2. The number of rotatable bonds is 5. The smallest absolute Gasteiger partial charge is 0.0457 e. The predicted octanol–water partition coefficient (Wildman–Crippen LogP) is 3.30. The summed E-state index contributed by atoms with van der Waals surface area (Å²) in [5, 5.41) is 4.85. The van der Waals surface area contributed by atoms with Crippen LogP contribution in [0.1, 0.15) is 37.8 Å². The van der Waals surface area contributed by atoms with Gasteiger partial charge in [-0.3, -0.25) is 4.90 Å². The normalized spacial score (nSPS) is 18.4. The molecular weight excluding hydrogens is 246 g/mol. The fourth-order valence-corrected chi connectivity index (χ4v) is 3.30. The van der Waals surface area contributed by atoms with E-state index in [1.54, 1.807) is 0 Å². The minimum Gasteiger partial charge on any atom is -0.361 e. The number of aromatic amines is 1. The number of nitrogens with one attached hydrogen (secondary N) is 2. The van der Waals surface area contributed by atoms with Gasteiger partial charge in [0.05, 0.1) is 0 Å². The third-order valence-electron chi connectivity index (χ3n) is 4.40. The molecule has 1 aliphatic rings. The first-order valence-corrected chi connectivity index (χ1v) is 7.91. The molecule has 1 aliphatic heterocycles. The van der Waals surface area contributed by atoms with Crippen LogP contribution in [-0.4, -0.2) is 36.1 Å². The van der Waals surface area contributed by atoms with Crippen LogP contribution in [0.15, 0.2) is 30.5 Å². The van der Waals surface area contributed by atoms with Crippen LogP contribution in [0.5, 0.6) is 0 Å². The molecule has 0 spiro atoms. The molecule has 2 heterocycles. The van der Waals surface area contributed by atoms with Gasteiger partial charge in [0.2, 0.25) is 0 Å². The van der Waals surface area contributed by atoms with Gasteiger partial charge in [-0.05, 0) is 18.1 Å². The number of H-pyrrole nitrogens is 1. The lowest BCUT2D eigenvalue weighted by Gasteiger charge is -2.35. The highest BCUT2D eigenvalue weighted by atomic mass is 15.2. The standard InChI is InChI=1S/C17H25N3/c1-2-3-8-17(20-11-9-18-10-12-20)15-13-19-16-7-5-4-6-14(15)16/h4-7,13,17-19H,2-3,8-12H2,1H3/t17-/m1/s1. The van der Waals surface area contributed by atoms with Gasteiger partial charge in [-0.1, -0.05) is 38.0 Å². The van der Waals surface area contributed by atoms with Crippen LogP contribution >= 0.6 is 0 Å². The van der Waals surface area contributed by atoms with Crippen molar-refractivity contribution in [3.05, 3.63) is 36.0 Å². The van der Waals surface area contributed by atoms with E-state index >= 15 is 0 Å². The van der Waals surface area contributed by atoms with E-state index in [1.807, 2.05) is 0 Å². The monoisotopic (exact) mass is 271 g/mol. The summed E-state index contributed by atoms with van der Waals surface area (Å²) < 4.78 is 0. The van der Waals surface area contributed by atoms with Gasteiger partial charge in [-0.15, -0.1) is 0 Å². The van der Waals surface area contributed by atoms with Gasteiger partial charge in [0.25, 0.3) is 0 Å². The van der Waals surface area contributed by atoms with E-state index in [-0.39, 0.29) is 0 Å². The molecule has 108 valence electrons. The van der Waals surface area contributed by atoms with Gasteiger partial charge in [0.1, 0.15) is 0 Å². The summed E-state index contributed by atoms with van der Waals surface area (Å²) in [6.07, 6.45) is 6.06. The molecule has 0 unspecified atom stereocenters. The van der Waals surface area contributed by atoms with Crippen LogP contribution < -0.4 is 5.32 Å². The zero-order chi connectivity index (χ0) is 13.8. The van der Waals surface area contributed by atoms with Gasteiger partial charge in [0, 0.05) is 49.3 Å². The van der Waals surface area contributed by atoms with Crippen molar-refractivity contribution in [1.29, 1.82) is 0 Å². The fourth-order valence-electron chi connectivity index (χ4n) is 3.30. The molecule has 0 saturated carbocycles. The van der Waals surface area contributed by atoms with Crippen molar-refractivity contribution >= 4 is 10.9 Å². The Hall–Kier alpha value is -1.32. The van der Waals surface area contributed by atoms with E-state index in [9.17, 15) is 0 Å². The van der Waals surface area contributed by atoms with Gasteiger partial charge in [-0.2, -0.15) is 0 Å². The largest absolute Gasteiger partial charge is 0.361 e. The Bertz CT molecular complexity index is 540. The maximum absolute atomic E-state index is 3.46. The summed E-state index contributed by atoms with van der Waals surface area (Å²) in [5.41, 5.74) is 2.75. The molecule has 0 aliphatic carbocycles. The first-order chi connectivity index (χ1) is 9.90. The van der Waals surface area contributed by atoms with Crippen LogP contribution in [0.3, 0.4) is 0 Å². The Morgan fingerprint density at radius 1 is 1.20 bits per heavy atom. The van der Waals surface area contributed by atoms with Gasteiger partial charge in [-0.25, -0.2) is 0 Å². The van der Waals surface area contributed by atoms with Gasteiger partial charge in [0.15, 0.2) is 0 Å². The van der Waals surface area contributed by atoms with Crippen molar-refractivity contribution in [2.45, 2.75) is 32.2 Å². The number of nitrogens with zero attached hydrogens (tertiary/aromatic N) is 1. The van der Waals surface area contributed by atoms with E-state index in [4.69, 9.17) is 0 Å². The maximum atomic E-state index is 3.46. The Morgan fingerprint density at radius 2 is 2.00 bits per heavy atom. The molecule has 3 heteroatoms. The average molecular weight is 271 g/mol. The van der Waals surface area contributed by atoms with E-state index < -0.39 is 0 Å². The van der Waals surface area contributed by atoms with Crippen molar-refractivity contribution in [2.75, 3.05) is 26.2 Å². The lowest BCUT2D eigenvalue weighted by molar-refractivity contribution is 0.164. The SMILES string of the molecule is CCCC[C@H](c1c[nH]c2ccccc12)N1CCNCC1. The van der Waals surface area contributed by atoms with Crippen molar-refractivity contribution in [2.24, 2.45) is 0 Å². The number of aromatic nitrogens is 1. The zero-order valence-corrected chi connectivity index (χ0v) is 12.4. The summed E-state index contributed by atoms with van der Waals surface area (Å²) >= 11 is 0. The van der Waals surface area contributed by atoms with Gasteiger partial charge < -0.3 is 10.3 Å². The van der Waals surface area contributed by atoms with Crippen molar-refractivity contribution in [3.8, 4) is 0 Å². The molecule has 1 aromatic heterocycles. The van der Waals surface area contributed by atoms with Crippen molar-refractivity contribution in [3.63, 3.8) is 0 Å². The molecule has 3 rings (SSSR count). The van der Waals surface area contributed by atoms with Crippen LogP contribution in [0.25, 0.3) is 10.9 Å². The summed E-state index contributed by atoms with van der Waals surface area (Å²) in [6.45, 7) is 6.84. The molecular formula is C17H25N3. The molecule has 0 amide bonds. The highest BCUT2D eigenvalue weighted by Crippen LogP contribution is 2.32. The van der Waals surface area contributed by atoms with E-state index in [0.29, 0.717) is 6.04 Å². The summed E-state index contributed by atoms with van der Waals surface area (Å²) in [4.78, 5) is 6.10. The molecule has 3 nitrogen and oxygen atoms in total. The third-order valence-corrected chi connectivity index (χ3v) is 4.40. The quantitative estimate of drug-likeness (QED) is 0.874. The first kappa shape index (κ1) is 13.7. The Kier molecular flexibility index (Phi) is 4.38. The second-order valence-electron chi connectivity index (χ2n) is 5.73. The molecule has 0 bridgehead atoms. The highest BCUT2D eigenvalue weighted by Gasteiger charge is 2.23. The third kappa shape index (κ3) is 2.74. The number of hydrogen-bond donors (Lipinski definition) is 2. The number of unbranched alkanes of at least 4 members (excludes halogenated alkanes) is 1. The molecule has 2 aromatic rings. The lowest BCUT2D eigenvalue weighted by atomic mass is 9.98. The fraction of sp³-hybridized carbons (Fsp3) is 0.529. The van der Waals surface area contributed by atoms with E-state index in [2.05, 4.69) is 52.6 Å². The number of fused-ring (bicyclic) bond motifs is 1. The molecule has 1 saturated heterocycles. The predicted molar refractivity (Wildman–Crippen MR) is 85.0 cm³/mol. The maximum Gasteiger partial charge on any atom is 0.0457 e. The highest BCUT2D eigenvalue weighted by molar-refractivity contribution is 5.83. The van der Waals surface area contributed by atoms with E-state index in [1.165, 1.54) is 35.7 Å². The van der Waals surface area contributed by atoms with Crippen LogP contribution in [-0.2, 0) is 0 Å². The average Bonchev–Trinajstić information content (AvgIpc) is 2.93. The number of benzene rings is 1. The summed E-state index contributed by atoms with van der Waals surface area (Å²) in [7, 11) is 0. The lowest BCUT2D eigenvalue weighted by Crippen LogP contribution is -2.45. The minimum atomic E-state index is 0.563. The topological polar surface area (TPSA) is 31.1 Å². The molecule has 20 heavy (non-hydrogen) atoms. The molecule has 2 N–H and O–H groups in total. The summed E-state index contributed by atoms with van der Waals surface area (Å²) in [5.74, 6) is 0. The van der Waals surface area contributed by atoms with Gasteiger partial charge >= 0.3 is 0 Å². The van der Waals surface area contributed by atoms with Crippen molar-refractivity contribution in [1.82, 2.24) is 15.2 Å². The Morgan fingerprint density at radius 3 is 2.80 bits per heavy atom. The van der Waals surface area contributed by atoms with Crippen LogP contribution in [0.2, 0.25) is 0 Å².